The second-order valence-electron chi connectivity index (χ2n) is 6.92. The van der Waals surface area contributed by atoms with Crippen LogP contribution in [-0.2, 0) is 6.54 Å². The molecule has 0 N–H and O–H groups in total. The Bertz CT molecular complexity index is 1290. The van der Waals surface area contributed by atoms with E-state index in [1.807, 2.05) is 42.5 Å². The van der Waals surface area contributed by atoms with Crippen molar-refractivity contribution in [2.75, 3.05) is 0 Å². The number of carbonyl (C=O) groups excluding carboxylic acids is 1. The van der Waals surface area contributed by atoms with Crippen molar-refractivity contribution >= 4 is 28.5 Å². The summed E-state index contributed by atoms with van der Waals surface area (Å²) in [6, 6.07) is 17.5. The molecule has 0 fully saturated rings. The molecule has 0 spiro atoms. The smallest absolute Gasteiger partial charge is 0.291 e. The summed E-state index contributed by atoms with van der Waals surface area (Å²) in [6.07, 6.45) is 3.39. The second kappa shape index (κ2) is 6.87. The Morgan fingerprint density at radius 1 is 1.03 bits per heavy atom. The first-order chi connectivity index (χ1) is 14.1. The molecule has 0 saturated heterocycles. The highest BCUT2D eigenvalue weighted by Crippen LogP contribution is 2.39. The van der Waals surface area contributed by atoms with Gasteiger partial charge in [-0.25, -0.2) is 0 Å². The third-order valence-corrected chi connectivity index (χ3v) is 5.35. The van der Waals surface area contributed by atoms with Crippen molar-refractivity contribution in [3.8, 4) is 0 Å². The molecule has 2 aromatic heterocycles. The van der Waals surface area contributed by atoms with E-state index in [0.29, 0.717) is 28.1 Å². The molecule has 4 aromatic rings. The van der Waals surface area contributed by atoms with Crippen molar-refractivity contribution in [1.82, 2.24) is 9.88 Å². The van der Waals surface area contributed by atoms with Crippen molar-refractivity contribution < 1.29 is 9.21 Å². The molecule has 0 aliphatic carbocycles. The summed E-state index contributed by atoms with van der Waals surface area (Å²) in [5, 5.41) is 0.811. The van der Waals surface area contributed by atoms with Crippen LogP contribution in [0.2, 0.25) is 5.02 Å². The topological polar surface area (TPSA) is 63.4 Å². The Hall–Kier alpha value is -3.44. The molecule has 3 heterocycles. The van der Waals surface area contributed by atoms with Gasteiger partial charge in [0, 0.05) is 24.0 Å². The van der Waals surface area contributed by atoms with E-state index >= 15 is 0 Å². The number of halogens is 1. The molecule has 0 bridgehead atoms. The second-order valence-corrected chi connectivity index (χ2v) is 7.36. The van der Waals surface area contributed by atoms with Gasteiger partial charge in [-0.3, -0.25) is 14.6 Å². The van der Waals surface area contributed by atoms with Crippen molar-refractivity contribution in [2.24, 2.45) is 0 Å². The molecular weight excluding hydrogens is 388 g/mol. The van der Waals surface area contributed by atoms with E-state index in [0.717, 1.165) is 11.1 Å². The fourth-order valence-corrected chi connectivity index (χ4v) is 4.00. The van der Waals surface area contributed by atoms with E-state index in [1.165, 1.54) is 0 Å². The van der Waals surface area contributed by atoms with E-state index in [2.05, 4.69) is 4.98 Å². The Labute approximate surface area is 171 Å². The molecule has 0 unspecified atom stereocenters. The lowest BCUT2D eigenvalue weighted by Crippen LogP contribution is -2.29. The maximum absolute atomic E-state index is 13.4. The highest BCUT2D eigenvalue weighted by atomic mass is 35.5. The van der Waals surface area contributed by atoms with E-state index in [4.69, 9.17) is 16.0 Å². The molecule has 6 heteroatoms. The number of hydrogen-bond acceptors (Lipinski definition) is 4. The largest absolute Gasteiger partial charge is 0.450 e. The zero-order valence-corrected chi connectivity index (χ0v) is 16.0. The summed E-state index contributed by atoms with van der Waals surface area (Å²) < 4.78 is 5.91. The number of hydrogen-bond donors (Lipinski definition) is 0. The van der Waals surface area contributed by atoms with Gasteiger partial charge in [-0.15, -0.1) is 0 Å². The molecule has 1 aliphatic rings. The molecule has 1 amide bonds. The molecule has 1 aliphatic heterocycles. The number of amides is 1. The van der Waals surface area contributed by atoms with Gasteiger partial charge < -0.3 is 9.32 Å². The van der Waals surface area contributed by atoms with Gasteiger partial charge in [-0.05, 0) is 35.4 Å². The first-order valence-electron chi connectivity index (χ1n) is 9.14. The highest BCUT2D eigenvalue weighted by molar-refractivity contribution is 6.31. The molecule has 5 rings (SSSR count). The van der Waals surface area contributed by atoms with Gasteiger partial charge in [-0.1, -0.05) is 48.0 Å². The highest BCUT2D eigenvalue weighted by Gasteiger charge is 2.42. The van der Waals surface area contributed by atoms with Crippen molar-refractivity contribution in [2.45, 2.75) is 12.6 Å². The summed E-state index contributed by atoms with van der Waals surface area (Å²) in [5.41, 5.74) is 2.17. The van der Waals surface area contributed by atoms with Gasteiger partial charge in [0.25, 0.3) is 5.91 Å². The third-order valence-electron chi connectivity index (χ3n) is 5.12. The van der Waals surface area contributed by atoms with Gasteiger partial charge in [0.05, 0.1) is 17.0 Å². The molecule has 29 heavy (non-hydrogen) atoms. The van der Waals surface area contributed by atoms with E-state index in [1.54, 1.807) is 35.5 Å². The number of pyridine rings is 1. The molecule has 142 valence electrons. The zero-order valence-electron chi connectivity index (χ0n) is 15.2. The standard InChI is InChI=1S/C23H15ClN2O3/c24-16-8-9-18-17(11-16)21(27)19-20(15-6-2-1-3-7-15)26(23(28)22(19)29-18)13-14-5-4-10-25-12-14/h1-12,20H,13H2/t20-/m0/s1. The Kier molecular flexibility index (Phi) is 4.18. The maximum atomic E-state index is 13.4. The average molecular weight is 403 g/mol. The molecule has 0 radical (unpaired) electrons. The average Bonchev–Trinajstić information content (AvgIpc) is 3.02. The van der Waals surface area contributed by atoms with Gasteiger partial charge in [0.1, 0.15) is 5.58 Å². The van der Waals surface area contributed by atoms with Crippen molar-refractivity contribution in [1.29, 1.82) is 0 Å². The first-order valence-corrected chi connectivity index (χ1v) is 9.52. The zero-order chi connectivity index (χ0) is 20.0. The van der Waals surface area contributed by atoms with Crippen LogP contribution in [0.5, 0.6) is 0 Å². The van der Waals surface area contributed by atoms with E-state index < -0.39 is 6.04 Å². The van der Waals surface area contributed by atoms with Crippen LogP contribution in [-0.4, -0.2) is 15.8 Å². The summed E-state index contributed by atoms with van der Waals surface area (Å²) in [6.45, 7) is 0.312. The molecule has 2 aromatic carbocycles. The van der Waals surface area contributed by atoms with Gasteiger partial charge in [-0.2, -0.15) is 0 Å². The fourth-order valence-electron chi connectivity index (χ4n) is 3.83. The van der Waals surface area contributed by atoms with Crippen LogP contribution in [0.25, 0.3) is 11.0 Å². The number of carbonyl (C=O) groups is 1. The predicted molar refractivity (Wildman–Crippen MR) is 110 cm³/mol. The van der Waals surface area contributed by atoms with Crippen LogP contribution < -0.4 is 5.43 Å². The lowest BCUT2D eigenvalue weighted by molar-refractivity contribution is 0.0714. The molecule has 5 nitrogen and oxygen atoms in total. The Morgan fingerprint density at radius 3 is 2.62 bits per heavy atom. The number of rotatable bonds is 3. The SMILES string of the molecule is O=C1c2oc3ccc(Cl)cc3c(=O)c2[C@H](c2ccccc2)N1Cc1cccnc1. The normalized spacial score (nSPS) is 15.7. The minimum atomic E-state index is -0.543. The quantitative estimate of drug-likeness (QED) is 0.503. The van der Waals surface area contributed by atoms with E-state index in [9.17, 15) is 9.59 Å². The first kappa shape index (κ1) is 17.6. The fraction of sp³-hybridized carbons (Fsp3) is 0.0870. The van der Waals surface area contributed by atoms with Crippen LogP contribution in [0.1, 0.15) is 33.3 Å². The van der Waals surface area contributed by atoms with Crippen LogP contribution >= 0.6 is 11.6 Å². The van der Waals surface area contributed by atoms with Gasteiger partial charge >= 0.3 is 0 Å². The third kappa shape index (κ3) is 2.91. The lowest BCUT2D eigenvalue weighted by Gasteiger charge is -2.25. The summed E-state index contributed by atoms with van der Waals surface area (Å²) in [7, 11) is 0. The maximum Gasteiger partial charge on any atom is 0.291 e. The molecule has 0 saturated carbocycles. The number of aromatic nitrogens is 1. The van der Waals surface area contributed by atoms with Crippen LogP contribution in [0.3, 0.4) is 0 Å². The Balaban J connectivity index is 1.74. The molecule has 1 atom stereocenters. The van der Waals surface area contributed by atoms with Crippen molar-refractivity contribution in [3.05, 3.63) is 111 Å². The predicted octanol–water partition coefficient (Wildman–Crippen LogP) is 4.59. The minimum Gasteiger partial charge on any atom is -0.450 e. The van der Waals surface area contributed by atoms with Crippen LogP contribution in [0.15, 0.2) is 82.3 Å². The minimum absolute atomic E-state index is 0.0857. The molecular formula is C23H15ClN2O3. The number of fused-ring (bicyclic) bond motifs is 2. The number of benzene rings is 2. The van der Waals surface area contributed by atoms with Crippen LogP contribution in [0.4, 0.5) is 0 Å². The summed E-state index contributed by atoms with van der Waals surface area (Å²) in [4.78, 5) is 32.5. The Morgan fingerprint density at radius 2 is 1.86 bits per heavy atom. The van der Waals surface area contributed by atoms with Gasteiger partial charge in [0.2, 0.25) is 5.76 Å². The van der Waals surface area contributed by atoms with Crippen molar-refractivity contribution in [3.63, 3.8) is 0 Å². The summed E-state index contributed by atoms with van der Waals surface area (Å²) >= 11 is 6.09. The number of nitrogens with zero attached hydrogens (tertiary/aromatic N) is 2. The summed E-state index contributed by atoms with van der Waals surface area (Å²) in [5.74, 6) is -0.228. The van der Waals surface area contributed by atoms with Crippen LogP contribution in [0, 0.1) is 0 Å². The van der Waals surface area contributed by atoms with Gasteiger partial charge in [0.15, 0.2) is 5.43 Å². The lowest BCUT2D eigenvalue weighted by atomic mass is 9.98. The van der Waals surface area contributed by atoms with E-state index in [-0.39, 0.29) is 17.1 Å². The monoisotopic (exact) mass is 402 g/mol.